The molecule has 1 atom stereocenters. The van der Waals surface area contributed by atoms with Gasteiger partial charge in [0.1, 0.15) is 0 Å². The summed E-state index contributed by atoms with van der Waals surface area (Å²) in [5, 5.41) is 3.48. The van der Waals surface area contributed by atoms with Gasteiger partial charge in [0.05, 0.1) is 0 Å². The second-order valence-corrected chi connectivity index (χ2v) is 5.27. The van der Waals surface area contributed by atoms with E-state index in [0.717, 1.165) is 13.1 Å². The fraction of sp³-hybridized carbons (Fsp3) is 0.667. The highest BCUT2D eigenvalue weighted by atomic mass is 32.1. The third kappa shape index (κ3) is 2.40. The molecule has 0 fully saturated rings. The molecule has 0 aromatic carbocycles. The van der Waals surface area contributed by atoms with Gasteiger partial charge in [0.2, 0.25) is 0 Å². The Kier molecular flexibility index (Phi) is 3.56. The van der Waals surface area contributed by atoms with Crippen molar-refractivity contribution in [2.45, 2.75) is 45.7 Å². The van der Waals surface area contributed by atoms with E-state index >= 15 is 0 Å². The smallest absolute Gasteiger partial charge is 0.0446 e. The zero-order valence-electron chi connectivity index (χ0n) is 10.1. The third-order valence-corrected chi connectivity index (χ3v) is 3.04. The van der Waals surface area contributed by atoms with Crippen LogP contribution in [0.5, 0.6) is 0 Å². The van der Waals surface area contributed by atoms with E-state index in [9.17, 15) is 0 Å². The molecule has 2 nitrogen and oxygen atoms in total. The normalized spacial score (nSPS) is 20.7. The summed E-state index contributed by atoms with van der Waals surface area (Å²) in [6.45, 7) is 11.2. The first-order chi connectivity index (χ1) is 6.48. The molecule has 1 aliphatic rings. The summed E-state index contributed by atoms with van der Waals surface area (Å²) in [4.78, 5) is 0. The summed E-state index contributed by atoms with van der Waals surface area (Å²) in [5.74, 6) is 0. The molecule has 0 unspecified atom stereocenters. The number of nitrogens with one attached hydrogen (secondary N) is 1. The van der Waals surface area contributed by atoms with Crippen LogP contribution in [0.15, 0.2) is 12.3 Å². The fourth-order valence-corrected chi connectivity index (χ4v) is 2.01. The molecular weight excluding hydrogens is 204 g/mol. The van der Waals surface area contributed by atoms with E-state index in [0.29, 0.717) is 6.04 Å². The van der Waals surface area contributed by atoms with Gasteiger partial charge in [0, 0.05) is 31.0 Å². The first-order valence-corrected chi connectivity index (χ1v) is 5.42. The number of fused-ring (bicyclic) bond motifs is 1. The predicted molar refractivity (Wildman–Crippen MR) is 69.9 cm³/mol. The Morgan fingerprint density at radius 2 is 2.07 bits per heavy atom. The van der Waals surface area contributed by atoms with Crippen LogP contribution in [0.4, 0.5) is 0 Å². The van der Waals surface area contributed by atoms with E-state index in [1.54, 1.807) is 0 Å². The SMILES string of the molecule is C[C@@H]1NCCn2cc(C(C)(C)C)cc21.S. The van der Waals surface area contributed by atoms with Crippen LogP contribution in [0.2, 0.25) is 0 Å². The fourth-order valence-electron chi connectivity index (χ4n) is 2.01. The van der Waals surface area contributed by atoms with Crippen LogP contribution in [-0.4, -0.2) is 11.1 Å². The molecule has 0 spiro atoms. The number of hydrogen-bond donors (Lipinski definition) is 1. The van der Waals surface area contributed by atoms with E-state index < -0.39 is 0 Å². The first-order valence-electron chi connectivity index (χ1n) is 5.42. The lowest BCUT2D eigenvalue weighted by molar-refractivity contribution is 0.448. The van der Waals surface area contributed by atoms with Crippen LogP contribution in [-0.2, 0) is 12.0 Å². The van der Waals surface area contributed by atoms with Crippen molar-refractivity contribution in [1.29, 1.82) is 0 Å². The maximum atomic E-state index is 3.48. The van der Waals surface area contributed by atoms with Gasteiger partial charge >= 0.3 is 0 Å². The minimum atomic E-state index is 0. The van der Waals surface area contributed by atoms with Gasteiger partial charge in [0.25, 0.3) is 0 Å². The zero-order valence-corrected chi connectivity index (χ0v) is 11.1. The van der Waals surface area contributed by atoms with E-state index in [2.05, 4.69) is 49.8 Å². The average Bonchev–Trinajstić information content (AvgIpc) is 2.48. The molecule has 0 saturated heterocycles. The Morgan fingerprint density at radius 3 is 2.60 bits per heavy atom. The molecule has 2 heterocycles. The van der Waals surface area contributed by atoms with Gasteiger partial charge in [-0.15, -0.1) is 0 Å². The lowest BCUT2D eigenvalue weighted by atomic mass is 9.89. The Labute approximate surface area is 99.5 Å². The molecule has 0 aliphatic carbocycles. The van der Waals surface area contributed by atoms with Crippen molar-refractivity contribution in [2.24, 2.45) is 0 Å². The molecule has 0 bridgehead atoms. The molecule has 1 N–H and O–H groups in total. The van der Waals surface area contributed by atoms with Crippen LogP contribution in [0, 0.1) is 0 Å². The monoisotopic (exact) mass is 226 g/mol. The molecule has 2 rings (SSSR count). The molecular formula is C12H22N2S. The van der Waals surface area contributed by atoms with Gasteiger partial charge < -0.3 is 9.88 Å². The maximum Gasteiger partial charge on any atom is 0.0446 e. The predicted octanol–water partition coefficient (Wildman–Crippen LogP) is 2.56. The number of aromatic nitrogens is 1. The standard InChI is InChI=1S/C12H20N2.H2S/c1-9-11-7-10(12(2,3)4)8-14(11)6-5-13-9;/h7-9,13H,5-6H2,1-4H3;1H2/t9-;/m0./s1. The van der Waals surface area contributed by atoms with E-state index in [-0.39, 0.29) is 18.9 Å². The van der Waals surface area contributed by atoms with Gasteiger partial charge in [-0.3, -0.25) is 0 Å². The van der Waals surface area contributed by atoms with Crippen LogP contribution in [0.3, 0.4) is 0 Å². The Bertz CT molecular complexity index is 336. The van der Waals surface area contributed by atoms with Gasteiger partial charge in [-0.1, -0.05) is 20.8 Å². The third-order valence-electron chi connectivity index (χ3n) is 3.04. The second-order valence-electron chi connectivity index (χ2n) is 5.27. The molecule has 15 heavy (non-hydrogen) atoms. The molecule has 3 heteroatoms. The van der Waals surface area contributed by atoms with Crippen LogP contribution in [0.1, 0.15) is 45.0 Å². The second kappa shape index (κ2) is 4.22. The summed E-state index contributed by atoms with van der Waals surface area (Å²) >= 11 is 0. The largest absolute Gasteiger partial charge is 0.348 e. The van der Waals surface area contributed by atoms with E-state index in [1.165, 1.54) is 11.3 Å². The zero-order chi connectivity index (χ0) is 10.3. The Morgan fingerprint density at radius 1 is 1.40 bits per heavy atom. The number of hydrogen-bond acceptors (Lipinski definition) is 1. The molecule has 0 saturated carbocycles. The summed E-state index contributed by atoms with van der Waals surface area (Å²) in [6.07, 6.45) is 2.31. The van der Waals surface area contributed by atoms with Gasteiger partial charge in [-0.25, -0.2) is 0 Å². The van der Waals surface area contributed by atoms with Crippen molar-refractivity contribution in [3.05, 3.63) is 23.5 Å². The Balaban J connectivity index is 0.00000112. The molecule has 1 aromatic heterocycles. The van der Waals surface area contributed by atoms with Crippen molar-refractivity contribution in [1.82, 2.24) is 9.88 Å². The molecule has 1 aromatic rings. The highest BCUT2D eigenvalue weighted by Gasteiger charge is 2.21. The molecule has 86 valence electrons. The number of nitrogens with zero attached hydrogens (tertiary/aromatic N) is 1. The summed E-state index contributed by atoms with van der Waals surface area (Å²) in [5.41, 5.74) is 3.15. The van der Waals surface area contributed by atoms with Gasteiger partial charge in [0.15, 0.2) is 0 Å². The number of rotatable bonds is 0. The van der Waals surface area contributed by atoms with Crippen LogP contribution < -0.4 is 5.32 Å². The van der Waals surface area contributed by atoms with Crippen molar-refractivity contribution in [2.75, 3.05) is 6.54 Å². The summed E-state index contributed by atoms with van der Waals surface area (Å²) in [6, 6.07) is 2.84. The lowest BCUT2D eigenvalue weighted by Gasteiger charge is -2.22. The Hall–Kier alpha value is -0.410. The van der Waals surface area contributed by atoms with Gasteiger partial charge in [-0.05, 0) is 24.0 Å². The van der Waals surface area contributed by atoms with E-state index in [4.69, 9.17) is 0 Å². The highest BCUT2D eigenvalue weighted by molar-refractivity contribution is 7.59. The lowest BCUT2D eigenvalue weighted by Crippen LogP contribution is -2.30. The van der Waals surface area contributed by atoms with Crippen molar-refractivity contribution in [3.8, 4) is 0 Å². The minimum Gasteiger partial charge on any atom is -0.348 e. The van der Waals surface area contributed by atoms with Crippen molar-refractivity contribution < 1.29 is 0 Å². The van der Waals surface area contributed by atoms with Gasteiger partial charge in [-0.2, -0.15) is 13.5 Å². The van der Waals surface area contributed by atoms with Crippen molar-refractivity contribution in [3.63, 3.8) is 0 Å². The molecule has 0 radical (unpaired) electrons. The molecule has 0 amide bonds. The van der Waals surface area contributed by atoms with E-state index in [1.807, 2.05) is 0 Å². The average molecular weight is 226 g/mol. The maximum absolute atomic E-state index is 3.48. The summed E-state index contributed by atoms with van der Waals surface area (Å²) in [7, 11) is 0. The summed E-state index contributed by atoms with van der Waals surface area (Å²) < 4.78 is 2.39. The van der Waals surface area contributed by atoms with Crippen LogP contribution >= 0.6 is 13.5 Å². The van der Waals surface area contributed by atoms with Crippen LogP contribution in [0.25, 0.3) is 0 Å². The minimum absolute atomic E-state index is 0. The van der Waals surface area contributed by atoms with Crippen molar-refractivity contribution >= 4 is 13.5 Å². The quantitative estimate of drug-likeness (QED) is 0.719. The first kappa shape index (κ1) is 12.7. The molecule has 1 aliphatic heterocycles. The highest BCUT2D eigenvalue weighted by Crippen LogP contribution is 2.28. The topological polar surface area (TPSA) is 17.0 Å².